The second-order valence-corrected chi connectivity index (χ2v) is 5.83. The van der Waals surface area contributed by atoms with Gasteiger partial charge in [0.25, 0.3) is 0 Å². The number of hydrogen-bond acceptors (Lipinski definition) is 5. The molecule has 7 heteroatoms. The van der Waals surface area contributed by atoms with E-state index < -0.39 is 0 Å². The Labute approximate surface area is 134 Å². The highest BCUT2D eigenvalue weighted by Crippen LogP contribution is 2.13. The number of aryl methyl sites for hydroxylation is 2. The largest absolute Gasteiger partial charge is 0.306 e. The first-order valence-corrected chi connectivity index (χ1v) is 7.88. The predicted octanol–water partition coefficient (Wildman–Crippen LogP) is 1.27. The molecule has 2 aromatic heterocycles. The molecule has 1 atom stereocenters. The van der Waals surface area contributed by atoms with Crippen LogP contribution in [0.4, 0.5) is 0 Å². The van der Waals surface area contributed by atoms with Crippen molar-refractivity contribution in [2.75, 3.05) is 0 Å². The topological polar surface area (TPSA) is 73.5 Å². The first-order chi connectivity index (χ1) is 11.3. The molecule has 3 heterocycles. The van der Waals surface area contributed by atoms with Gasteiger partial charge in [0, 0.05) is 19.0 Å². The molecular formula is C16H19N7. The van der Waals surface area contributed by atoms with E-state index >= 15 is 0 Å². The fourth-order valence-electron chi connectivity index (χ4n) is 2.91. The van der Waals surface area contributed by atoms with Crippen molar-refractivity contribution in [2.45, 2.75) is 38.9 Å². The van der Waals surface area contributed by atoms with E-state index in [0.717, 1.165) is 42.4 Å². The van der Waals surface area contributed by atoms with Gasteiger partial charge in [-0.05, 0) is 25.5 Å². The second kappa shape index (κ2) is 5.92. The highest BCUT2D eigenvalue weighted by Gasteiger charge is 2.20. The van der Waals surface area contributed by atoms with Crippen LogP contribution in [0.5, 0.6) is 0 Å². The maximum atomic E-state index is 4.52. The van der Waals surface area contributed by atoms with Gasteiger partial charge in [0.2, 0.25) is 0 Å². The molecule has 1 aliphatic rings. The number of rotatable bonds is 4. The van der Waals surface area contributed by atoms with Gasteiger partial charge in [-0.25, -0.2) is 9.67 Å². The molecule has 0 radical (unpaired) electrons. The van der Waals surface area contributed by atoms with Gasteiger partial charge in [-0.2, -0.15) is 20.1 Å². The van der Waals surface area contributed by atoms with Crippen LogP contribution in [-0.2, 0) is 19.5 Å². The fourth-order valence-corrected chi connectivity index (χ4v) is 2.91. The molecule has 23 heavy (non-hydrogen) atoms. The highest BCUT2D eigenvalue weighted by atomic mass is 15.5. The SMILES string of the molecule is Cc1nc2n(n1)C[C@@H](NCc1cnn(-c3ccccc3)n1)CC2. The molecule has 0 bridgehead atoms. The number of nitrogens with one attached hydrogen (secondary N) is 1. The van der Waals surface area contributed by atoms with Gasteiger partial charge in [0.15, 0.2) is 0 Å². The number of aromatic nitrogens is 6. The first kappa shape index (κ1) is 14.1. The lowest BCUT2D eigenvalue weighted by Crippen LogP contribution is -2.37. The third kappa shape index (κ3) is 3.00. The molecular weight excluding hydrogens is 290 g/mol. The van der Waals surface area contributed by atoms with Crippen LogP contribution in [0.2, 0.25) is 0 Å². The number of fused-ring (bicyclic) bond motifs is 1. The molecule has 0 saturated carbocycles. The third-order valence-electron chi connectivity index (χ3n) is 4.06. The van der Waals surface area contributed by atoms with E-state index in [1.165, 1.54) is 0 Å². The Bertz CT molecular complexity index is 790. The number of hydrogen-bond donors (Lipinski definition) is 1. The van der Waals surface area contributed by atoms with Crippen molar-refractivity contribution in [3.8, 4) is 5.69 Å². The lowest BCUT2D eigenvalue weighted by atomic mass is 10.1. The van der Waals surface area contributed by atoms with E-state index in [1.807, 2.05) is 48.1 Å². The van der Waals surface area contributed by atoms with Gasteiger partial charge in [-0.3, -0.25) is 0 Å². The molecule has 1 N–H and O–H groups in total. The van der Waals surface area contributed by atoms with Crippen molar-refractivity contribution in [2.24, 2.45) is 0 Å². The lowest BCUT2D eigenvalue weighted by molar-refractivity contribution is 0.356. The summed E-state index contributed by atoms with van der Waals surface area (Å²) in [5.41, 5.74) is 1.91. The summed E-state index contributed by atoms with van der Waals surface area (Å²) in [5, 5.41) is 16.8. The average molecular weight is 309 g/mol. The molecule has 7 nitrogen and oxygen atoms in total. The maximum Gasteiger partial charge on any atom is 0.147 e. The van der Waals surface area contributed by atoms with E-state index in [2.05, 4.69) is 25.6 Å². The molecule has 0 fully saturated rings. The summed E-state index contributed by atoms with van der Waals surface area (Å²) < 4.78 is 2.01. The molecule has 0 aliphatic carbocycles. The fraction of sp³-hybridized carbons (Fsp3) is 0.375. The summed E-state index contributed by atoms with van der Waals surface area (Å²) in [6.07, 6.45) is 3.86. The minimum absolute atomic E-state index is 0.394. The van der Waals surface area contributed by atoms with Crippen molar-refractivity contribution in [1.29, 1.82) is 0 Å². The van der Waals surface area contributed by atoms with Crippen molar-refractivity contribution in [3.05, 3.63) is 53.9 Å². The lowest BCUT2D eigenvalue weighted by Gasteiger charge is -2.23. The summed E-state index contributed by atoms with van der Waals surface area (Å²) in [5.74, 6) is 1.95. The molecule has 118 valence electrons. The van der Waals surface area contributed by atoms with Crippen LogP contribution in [0.15, 0.2) is 36.5 Å². The van der Waals surface area contributed by atoms with E-state index in [1.54, 1.807) is 4.80 Å². The Hall–Kier alpha value is -2.54. The monoisotopic (exact) mass is 309 g/mol. The van der Waals surface area contributed by atoms with Gasteiger partial charge >= 0.3 is 0 Å². The van der Waals surface area contributed by atoms with Crippen molar-refractivity contribution < 1.29 is 0 Å². The Morgan fingerprint density at radius 1 is 1.22 bits per heavy atom. The van der Waals surface area contributed by atoms with E-state index in [9.17, 15) is 0 Å². The summed E-state index contributed by atoms with van der Waals surface area (Å²) in [4.78, 5) is 6.10. The maximum absolute atomic E-state index is 4.52. The summed E-state index contributed by atoms with van der Waals surface area (Å²) in [6, 6.07) is 10.3. The first-order valence-electron chi connectivity index (χ1n) is 7.88. The smallest absolute Gasteiger partial charge is 0.147 e. The standard InChI is InChI=1S/C16H19N7/c1-12-19-16-8-7-13(11-22(16)20-12)17-9-14-10-18-23(21-14)15-5-3-2-4-6-15/h2-6,10,13,17H,7-9,11H2,1H3/t13-/m0/s1. The van der Waals surface area contributed by atoms with Gasteiger partial charge in [0.05, 0.1) is 24.1 Å². The van der Waals surface area contributed by atoms with Gasteiger partial charge in [-0.1, -0.05) is 18.2 Å². The Morgan fingerprint density at radius 2 is 2.09 bits per heavy atom. The van der Waals surface area contributed by atoms with E-state index in [-0.39, 0.29) is 0 Å². The Balaban J connectivity index is 1.38. The van der Waals surface area contributed by atoms with Crippen LogP contribution in [0.3, 0.4) is 0 Å². The average Bonchev–Trinajstić information content (AvgIpc) is 3.18. The molecule has 0 spiro atoms. The second-order valence-electron chi connectivity index (χ2n) is 5.83. The summed E-state index contributed by atoms with van der Waals surface area (Å²) in [6.45, 7) is 3.51. The zero-order valence-corrected chi connectivity index (χ0v) is 13.1. The van der Waals surface area contributed by atoms with Gasteiger partial charge < -0.3 is 5.32 Å². The summed E-state index contributed by atoms with van der Waals surface area (Å²) >= 11 is 0. The molecule has 3 aromatic rings. The quantitative estimate of drug-likeness (QED) is 0.786. The van der Waals surface area contributed by atoms with Crippen molar-refractivity contribution in [1.82, 2.24) is 35.1 Å². The van der Waals surface area contributed by atoms with Crippen molar-refractivity contribution >= 4 is 0 Å². The van der Waals surface area contributed by atoms with Crippen LogP contribution in [0.1, 0.15) is 23.8 Å². The van der Waals surface area contributed by atoms with Crippen LogP contribution in [0.25, 0.3) is 5.69 Å². The van der Waals surface area contributed by atoms with Crippen molar-refractivity contribution in [3.63, 3.8) is 0 Å². The molecule has 1 aromatic carbocycles. The van der Waals surface area contributed by atoms with E-state index in [0.29, 0.717) is 12.6 Å². The van der Waals surface area contributed by atoms with E-state index in [4.69, 9.17) is 0 Å². The third-order valence-corrected chi connectivity index (χ3v) is 4.06. The van der Waals surface area contributed by atoms with Crippen LogP contribution in [0, 0.1) is 6.92 Å². The van der Waals surface area contributed by atoms with Crippen LogP contribution < -0.4 is 5.32 Å². The normalized spacial score (nSPS) is 17.2. The zero-order valence-electron chi connectivity index (χ0n) is 13.1. The van der Waals surface area contributed by atoms with Crippen LogP contribution >= 0.6 is 0 Å². The number of para-hydroxylation sites is 1. The molecule has 0 unspecified atom stereocenters. The number of benzene rings is 1. The van der Waals surface area contributed by atoms with Gasteiger partial charge in [-0.15, -0.1) is 0 Å². The van der Waals surface area contributed by atoms with Gasteiger partial charge in [0.1, 0.15) is 11.6 Å². The Kier molecular flexibility index (Phi) is 3.63. The minimum Gasteiger partial charge on any atom is -0.306 e. The Morgan fingerprint density at radius 3 is 2.96 bits per heavy atom. The molecule has 4 rings (SSSR count). The van der Waals surface area contributed by atoms with Crippen LogP contribution in [-0.4, -0.2) is 35.8 Å². The highest BCUT2D eigenvalue weighted by molar-refractivity contribution is 5.28. The molecule has 0 saturated heterocycles. The zero-order chi connectivity index (χ0) is 15.6. The minimum atomic E-state index is 0.394. The molecule has 0 amide bonds. The summed E-state index contributed by atoms with van der Waals surface area (Å²) in [7, 11) is 0. The molecule has 1 aliphatic heterocycles. The number of nitrogens with zero attached hydrogens (tertiary/aromatic N) is 6. The predicted molar refractivity (Wildman–Crippen MR) is 85.1 cm³/mol.